The zero-order chi connectivity index (χ0) is 16.1. The molecule has 1 amide bonds. The Labute approximate surface area is 127 Å². The third-order valence-corrected chi connectivity index (χ3v) is 3.69. The lowest BCUT2D eigenvalue weighted by atomic mass is 10.1. The fraction of sp³-hybridized carbons (Fsp3) is 0.467. The maximum absolute atomic E-state index is 12.0. The molecule has 1 N–H and O–H groups in total. The van der Waals surface area contributed by atoms with Gasteiger partial charge in [0.25, 0.3) is 11.6 Å². The summed E-state index contributed by atoms with van der Waals surface area (Å²) < 4.78 is 4.89. The maximum Gasteiger partial charge on any atom is 0.345 e. The van der Waals surface area contributed by atoms with Crippen molar-refractivity contribution in [1.29, 1.82) is 0 Å². The van der Waals surface area contributed by atoms with Crippen LogP contribution in [0.3, 0.4) is 0 Å². The number of nitrogens with zero attached hydrogens (tertiary/aromatic N) is 1. The number of carbonyl (C=O) groups excluding carboxylic acids is 2. The number of para-hydroxylation sites is 1. The van der Waals surface area contributed by atoms with Gasteiger partial charge >= 0.3 is 5.97 Å². The van der Waals surface area contributed by atoms with E-state index >= 15 is 0 Å². The molecule has 1 aromatic carbocycles. The van der Waals surface area contributed by atoms with E-state index in [0.29, 0.717) is 5.56 Å². The van der Waals surface area contributed by atoms with Gasteiger partial charge in [-0.1, -0.05) is 25.0 Å². The molecule has 22 heavy (non-hydrogen) atoms. The summed E-state index contributed by atoms with van der Waals surface area (Å²) in [5, 5.41) is 13.8. The molecule has 0 aromatic heterocycles. The Bertz CT molecular complexity index is 594. The highest BCUT2D eigenvalue weighted by Gasteiger charge is 2.24. The van der Waals surface area contributed by atoms with Gasteiger partial charge < -0.3 is 10.1 Å². The molecule has 0 heterocycles. The van der Waals surface area contributed by atoms with Gasteiger partial charge in [-0.2, -0.15) is 0 Å². The zero-order valence-corrected chi connectivity index (χ0v) is 12.3. The van der Waals surface area contributed by atoms with Crippen LogP contribution in [0.2, 0.25) is 0 Å². The quantitative estimate of drug-likeness (QED) is 0.510. The first-order chi connectivity index (χ1) is 10.5. The normalized spacial score (nSPS) is 14.6. The van der Waals surface area contributed by atoms with Crippen LogP contribution in [0, 0.1) is 17.0 Å². The molecule has 0 spiro atoms. The van der Waals surface area contributed by atoms with Crippen LogP contribution in [0.5, 0.6) is 0 Å². The first-order valence-electron chi connectivity index (χ1n) is 7.19. The highest BCUT2D eigenvalue weighted by atomic mass is 16.6. The molecule has 1 aliphatic rings. The predicted molar refractivity (Wildman–Crippen MR) is 78.5 cm³/mol. The molecule has 0 unspecified atom stereocenters. The van der Waals surface area contributed by atoms with Crippen molar-refractivity contribution in [2.24, 2.45) is 0 Å². The summed E-state index contributed by atoms with van der Waals surface area (Å²) in [6.07, 6.45) is 4.03. The first kappa shape index (κ1) is 15.9. The number of esters is 1. The zero-order valence-electron chi connectivity index (χ0n) is 12.3. The van der Waals surface area contributed by atoms with Crippen molar-refractivity contribution < 1.29 is 19.2 Å². The van der Waals surface area contributed by atoms with E-state index in [9.17, 15) is 19.7 Å². The summed E-state index contributed by atoms with van der Waals surface area (Å²) in [4.78, 5) is 34.1. The Hall–Kier alpha value is -2.44. The maximum atomic E-state index is 12.0. The highest BCUT2D eigenvalue weighted by molar-refractivity contribution is 5.95. The molecule has 7 heteroatoms. The molecular weight excluding hydrogens is 288 g/mol. The number of amides is 1. The third-order valence-electron chi connectivity index (χ3n) is 3.69. The van der Waals surface area contributed by atoms with E-state index in [2.05, 4.69) is 5.32 Å². The Morgan fingerprint density at radius 1 is 1.36 bits per heavy atom. The fourth-order valence-corrected chi connectivity index (χ4v) is 2.61. The molecule has 0 saturated heterocycles. The van der Waals surface area contributed by atoms with Crippen LogP contribution in [-0.2, 0) is 9.53 Å². The summed E-state index contributed by atoms with van der Waals surface area (Å²) in [6, 6.07) is 4.54. The number of benzene rings is 1. The van der Waals surface area contributed by atoms with Crippen molar-refractivity contribution in [3.8, 4) is 0 Å². The van der Waals surface area contributed by atoms with E-state index in [4.69, 9.17) is 4.74 Å². The van der Waals surface area contributed by atoms with Crippen molar-refractivity contribution in [1.82, 2.24) is 5.32 Å². The molecule has 2 rings (SSSR count). The Kier molecular flexibility index (Phi) is 5.08. The van der Waals surface area contributed by atoms with Gasteiger partial charge in [0, 0.05) is 11.6 Å². The summed E-state index contributed by atoms with van der Waals surface area (Å²) in [6.45, 7) is 1.11. The van der Waals surface area contributed by atoms with Crippen molar-refractivity contribution >= 4 is 17.6 Å². The molecule has 0 bridgehead atoms. The SMILES string of the molecule is Cc1cccc(C(=O)OCC(=O)NC2CCCC2)c1[N+](=O)[O-]. The molecule has 1 fully saturated rings. The van der Waals surface area contributed by atoms with Gasteiger partial charge in [0.15, 0.2) is 6.61 Å². The topological polar surface area (TPSA) is 98.5 Å². The van der Waals surface area contributed by atoms with E-state index in [0.717, 1.165) is 25.7 Å². The molecular formula is C15H18N2O5. The smallest absolute Gasteiger partial charge is 0.345 e. The average molecular weight is 306 g/mol. The van der Waals surface area contributed by atoms with E-state index < -0.39 is 17.5 Å². The van der Waals surface area contributed by atoms with Gasteiger partial charge in [-0.25, -0.2) is 4.79 Å². The number of hydrogen-bond acceptors (Lipinski definition) is 5. The monoisotopic (exact) mass is 306 g/mol. The number of aryl methyl sites for hydroxylation is 1. The minimum Gasteiger partial charge on any atom is -0.452 e. The van der Waals surface area contributed by atoms with Crippen LogP contribution in [0.25, 0.3) is 0 Å². The van der Waals surface area contributed by atoms with E-state index in [-0.39, 0.29) is 23.2 Å². The first-order valence-corrected chi connectivity index (χ1v) is 7.19. The molecule has 0 radical (unpaired) electrons. The van der Waals surface area contributed by atoms with Gasteiger partial charge in [-0.05, 0) is 25.8 Å². The Morgan fingerprint density at radius 3 is 2.68 bits per heavy atom. The second kappa shape index (κ2) is 7.02. The predicted octanol–water partition coefficient (Wildman–Crippen LogP) is 2.12. The third kappa shape index (κ3) is 3.81. The minimum absolute atomic E-state index is 0.138. The van der Waals surface area contributed by atoms with E-state index in [1.807, 2.05) is 0 Å². The van der Waals surface area contributed by atoms with Crippen LogP contribution in [0.15, 0.2) is 18.2 Å². The van der Waals surface area contributed by atoms with E-state index in [1.165, 1.54) is 12.1 Å². The van der Waals surface area contributed by atoms with Crippen molar-refractivity contribution in [2.45, 2.75) is 38.6 Å². The highest BCUT2D eigenvalue weighted by Crippen LogP contribution is 2.23. The van der Waals surface area contributed by atoms with Gasteiger partial charge in [0.2, 0.25) is 0 Å². The molecule has 118 valence electrons. The average Bonchev–Trinajstić information content (AvgIpc) is 2.96. The number of hydrogen-bond donors (Lipinski definition) is 1. The minimum atomic E-state index is -0.864. The van der Waals surface area contributed by atoms with E-state index in [1.54, 1.807) is 13.0 Å². The Morgan fingerprint density at radius 2 is 2.05 bits per heavy atom. The number of nitrogens with one attached hydrogen (secondary N) is 1. The second-order valence-electron chi connectivity index (χ2n) is 5.35. The summed E-state index contributed by atoms with van der Waals surface area (Å²) in [7, 11) is 0. The number of rotatable bonds is 5. The van der Waals surface area contributed by atoms with Crippen LogP contribution < -0.4 is 5.32 Å². The fourth-order valence-electron chi connectivity index (χ4n) is 2.61. The standard InChI is InChI=1S/C15H18N2O5/c1-10-5-4-8-12(14(10)17(20)21)15(19)22-9-13(18)16-11-6-2-3-7-11/h4-5,8,11H,2-3,6-7,9H2,1H3,(H,16,18). The van der Waals surface area contributed by atoms with Crippen LogP contribution in [-0.4, -0.2) is 29.4 Å². The number of nitro groups is 1. The molecule has 1 aliphatic carbocycles. The van der Waals surface area contributed by atoms with Gasteiger partial charge in [0.1, 0.15) is 5.56 Å². The lowest BCUT2D eigenvalue weighted by Crippen LogP contribution is -2.35. The van der Waals surface area contributed by atoms with Crippen LogP contribution in [0.1, 0.15) is 41.6 Å². The molecule has 1 saturated carbocycles. The van der Waals surface area contributed by atoms with Crippen molar-refractivity contribution in [3.05, 3.63) is 39.4 Å². The van der Waals surface area contributed by atoms with Gasteiger partial charge in [0.05, 0.1) is 4.92 Å². The summed E-state index contributed by atoms with van der Waals surface area (Å²) in [5.74, 6) is -1.24. The van der Waals surface area contributed by atoms with Crippen LogP contribution in [0.4, 0.5) is 5.69 Å². The summed E-state index contributed by atoms with van der Waals surface area (Å²) in [5.41, 5.74) is -0.0581. The molecule has 7 nitrogen and oxygen atoms in total. The van der Waals surface area contributed by atoms with Crippen molar-refractivity contribution in [2.75, 3.05) is 6.61 Å². The largest absolute Gasteiger partial charge is 0.452 e. The van der Waals surface area contributed by atoms with Crippen LogP contribution >= 0.6 is 0 Å². The van der Waals surface area contributed by atoms with Gasteiger partial charge in [-0.3, -0.25) is 14.9 Å². The number of nitro benzene ring substituents is 1. The lowest BCUT2D eigenvalue weighted by Gasteiger charge is -2.12. The molecule has 1 aromatic rings. The molecule has 0 aliphatic heterocycles. The van der Waals surface area contributed by atoms with Crippen molar-refractivity contribution in [3.63, 3.8) is 0 Å². The number of carbonyl (C=O) groups is 2. The summed E-state index contributed by atoms with van der Waals surface area (Å²) >= 11 is 0. The second-order valence-corrected chi connectivity index (χ2v) is 5.35. The Balaban J connectivity index is 1.96. The van der Waals surface area contributed by atoms with Gasteiger partial charge in [-0.15, -0.1) is 0 Å². The lowest BCUT2D eigenvalue weighted by molar-refractivity contribution is -0.385. The number of ether oxygens (including phenoxy) is 1. The molecule has 0 atom stereocenters.